The quantitative estimate of drug-likeness (QED) is 0.564. The number of fused-ring (bicyclic) bond motifs is 3. The van der Waals surface area contributed by atoms with Crippen molar-refractivity contribution in [1.29, 1.82) is 0 Å². The third kappa shape index (κ3) is 1.76. The first-order valence-electron chi connectivity index (χ1n) is 8.42. The molecule has 1 heterocycles. The summed E-state index contributed by atoms with van der Waals surface area (Å²) in [5.41, 5.74) is 2.96. The molecule has 1 aliphatic heterocycles. The molecule has 2 fully saturated rings. The van der Waals surface area contributed by atoms with Gasteiger partial charge in [-0.15, -0.1) is 0 Å². The number of benzene rings is 1. The Morgan fingerprint density at radius 1 is 1.09 bits per heavy atom. The third-order valence-corrected chi connectivity index (χ3v) is 6.29. The van der Waals surface area contributed by atoms with E-state index in [2.05, 4.69) is 39.0 Å². The molecule has 0 unspecified atom stereocenters. The first-order chi connectivity index (χ1) is 10.4. The minimum Gasteiger partial charge on any atom is -0.457 e. The molecule has 4 rings (SSSR count). The lowest BCUT2D eigenvalue weighted by atomic mass is 9.56. The highest BCUT2D eigenvalue weighted by Gasteiger charge is 2.61. The van der Waals surface area contributed by atoms with E-state index in [0.717, 1.165) is 5.56 Å². The molecule has 0 N–H and O–H groups in total. The minimum absolute atomic E-state index is 0.0323. The van der Waals surface area contributed by atoms with E-state index in [-0.39, 0.29) is 34.7 Å². The van der Waals surface area contributed by atoms with Crippen LogP contribution in [0.4, 0.5) is 0 Å². The van der Waals surface area contributed by atoms with Crippen LogP contribution in [0.1, 0.15) is 51.5 Å². The molecule has 22 heavy (non-hydrogen) atoms. The predicted molar refractivity (Wildman–Crippen MR) is 86.4 cm³/mol. The fraction of sp³-hybridized carbons (Fsp3) is 0.550. The van der Waals surface area contributed by atoms with Crippen LogP contribution >= 0.6 is 0 Å². The van der Waals surface area contributed by atoms with Crippen LogP contribution in [0, 0.1) is 16.7 Å². The molecule has 2 nitrogen and oxygen atoms in total. The Bertz CT molecular complexity index is 643. The maximum atomic E-state index is 12.5. The second-order valence-corrected chi connectivity index (χ2v) is 8.05. The van der Waals surface area contributed by atoms with Crippen LogP contribution in [0.15, 0.2) is 42.0 Å². The van der Waals surface area contributed by atoms with E-state index in [9.17, 15) is 4.79 Å². The summed E-state index contributed by atoms with van der Waals surface area (Å²) in [6.07, 6.45) is 5.89. The first kappa shape index (κ1) is 14.0. The second kappa shape index (κ2) is 4.47. The van der Waals surface area contributed by atoms with Gasteiger partial charge in [0.25, 0.3) is 0 Å². The number of ether oxygens (including phenoxy) is 1. The first-order valence-corrected chi connectivity index (χ1v) is 8.42. The van der Waals surface area contributed by atoms with E-state index in [1.54, 1.807) is 0 Å². The Labute approximate surface area is 132 Å². The Morgan fingerprint density at radius 2 is 1.82 bits per heavy atom. The van der Waals surface area contributed by atoms with Gasteiger partial charge in [0.1, 0.15) is 6.10 Å². The monoisotopic (exact) mass is 296 g/mol. The van der Waals surface area contributed by atoms with Gasteiger partial charge in [-0.3, -0.25) is 4.79 Å². The van der Waals surface area contributed by atoms with Gasteiger partial charge in [-0.1, -0.05) is 63.1 Å². The summed E-state index contributed by atoms with van der Waals surface area (Å²) in [4.78, 5) is 12.5. The summed E-state index contributed by atoms with van der Waals surface area (Å²) in [6.45, 7) is 7.05. The van der Waals surface area contributed by atoms with Gasteiger partial charge in [0.2, 0.25) is 0 Å². The van der Waals surface area contributed by atoms with E-state index in [0.29, 0.717) is 0 Å². The van der Waals surface area contributed by atoms with Crippen molar-refractivity contribution in [3.8, 4) is 0 Å². The summed E-state index contributed by atoms with van der Waals surface area (Å²) in [5.74, 6) is 0.108. The summed E-state index contributed by atoms with van der Waals surface area (Å²) >= 11 is 0. The van der Waals surface area contributed by atoms with Crippen LogP contribution in [-0.2, 0) is 9.53 Å². The number of hydrogen-bond donors (Lipinski definition) is 0. The molecule has 4 atom stereocenters. The lowest BCUT2D eigenvalue weighted by Gasteiger charge is -2.46. The average Bonchev–Trinajstić information content (AvgIpc) is 2.94. The zero-order valence-electron chi connectivity index (χ0n) is 13.6. The summed E-state index contributed by atoms with van der Waals surface area (Å²) in [5, 5.41) is 0. The molecule has 0 radical (unpaired) electrons. The zero-order chi connectivity index (χ0) is 15.5. The van der Waals surface area contributed by atoms with Gasteiger partial charge in [0.15, 0.2) is 0 Å². The van der Waals surface area contributed by atoms with Crippen molar-refractivity contribution in [2.24, 2.45) is 16.7 Å². The standard InChI is InChI=1S/C20H24O2/c1-19(2)10-7-11-20(3)15(19)12-14-17(20)16(18(21)22-14)13-8-5-4-6-9-13/h4-6,8-9,12,14,16-17H,7,10-11H2,1-3H3/t14-,16-,17+,20+/m1/s1. The molecule has 1 aromatic carbocycles. The van der Waals surface area contributed by atoms with E-state index in [4.69, 9.17) is 4.74 Å². The van der Waals surface area contributed by atoms with Gasteiger partial charge < -0.3 is 4.74 Å². The van der Waals surface area contributed by atoms with E-state index in [1.165, 1.54) is 24.8 Å². The molecule has 2 aliphatic carbocycles. The number of allylic oxidation sites excluding steroid dienone is 1. The topological polar surface area (TPSA) is 26.3 Å². The second-order valence-electron chi connectivity index (χ2n) is 8.05. The molecule has 1 saturated heterocycles. The van der Waals surface area contributed by atoms with Crippen LogP contribution < -0.4 is 0 Å². The molecule has 116 valence electrons. The zero-order valence-corrected chi connectivity index (χ0v) is 13.6. The third-order valence-electron chi connectivity index (χ3n) is 6.29. The van der Waals surface area contributed by atoms with Gasteiger partial charge in [0.05, 0.1) is 5.92 Å². The summed E-state index contributed by atoms with van der Waals surface area (Å²) < 4.78 is 5.79. The predicted octanol–water partition coefficient (Wildman–Crippen LogP) is 4.47. The number of carbonyl (C=O) groups excluding carboxylic acids is 1. The van der Waals surface area contributed by atoms with Crippen LogP contribution in [0.2, 0.25) is 0 Å². The normalized spacial score (nSPS) is 39.0. The number of esters is 1. The maximum Gasteiger partial charge on any atom is 0.314 e. The van der Waals surface area contributed by atoms with Gasteiger partial charge in [-0.05, 0) is 35.3 Å². The van der Waals surface area contributed by atoms with E-state index >= 15 is 0 Å². The molecule has 0 spiro atoms. The molecule has 0 amide bonds. The molecule has 0 bridgehead atoms. The smallest absolute Gasteiger partial charge is 0.314 e. The number of hydrogen-bond acceptors (Lipinski definition) is 2. The Kier molecular flexibility index (Phi) is 2.85. The number of carbonyl (C=O) groups is 1. The van der Waals surface area contributed by atoms with Crippen LogP contribution in [0.3, 0.4) is 0 Å². The molecule has 0 aromatic heterocycles. The Hall–Kier alpha value is -1.57. The molecule has 1 aromatic rings. The molecular weight excluding hydrogens is 272 g/mol. The highest BCUT2D eigenvalue weighted by atomic mass is 16.6. The van der Waals surface area contributed by atoms with Crippen molar-refractivity contribution >= 4 is 5.97 Å². The van der Waals surface area contributed by atoms with Crippen molar-refractivity contribution in [3.05, 3.63) is 47.5 Å². The summed E-state index contributed by atoms with van der Waals surface area (Å²) in [7, 11) is 0. The van der Waals surface area contributed by atoms with Crippen molar-refractivity contribution in [3.63, 3.8) is 0 Å². The van der Waals surface area contributed by atoms with Crippen molar-refractivity contribution < 1.29 is 9.53 Å². The Morgan fingerprint density at radius 3 is 2.55 bits per heavy atom. The summed E-state index contributed by atoms with van der Waals surface area (Å²) in [6, 6.07) is 10.2. The molecule has 3 aliphatic rings. The highest BCUT2D eigenvalue weighted by molar-refractivity contribution is 5.82. The van der Waals surface area contributed by atoms with Crippen molar-refractivity contribution in [2.75, 3.05) is 0 Å². The fourth-order valence-corrected chi connectivity index (χ4v) is 5.36. The number of rotatable bonds is 1. The lowest BCUT2D eigenvalue weighted by molar-refractivity contribution is -0.141. The fourth-order valence-electron chi connectivity index (χ4n) is 5.36. The van der Waals surface area contributed by atoms with Crippen LogP contribution in [0.25, 0.3) is 0 Å². The van der Waals surface area contributed by atoms with Gasteiger partial charge in [-0.25, -0.2) is 0 Å². The van der Waals surface area contributed by atoms with Gasteiger partial charge in [0, 0.05) is 5.92 Å². The highest BCUT2D eigenvalue weighted by Crippen LogP contribution is 2.64. The molecule has 1 saturated carbocycles. The van der Waals surface area contributed by atoms with Crippen molar-refractivity contribution in [1.82, 2.24) is 0 Å². The largest absolute Gasteiger partial charge is 0.457 e. The van der Waals surface area contributed by atoms with Crippen molar-refractivity contribution in [2.45, 2.75) is 52.1 Å². The van der Waals surface area contributed by atoms with E-state index < -0.39 is 0 Å². The van der Waals surface area contributed by atoms with Crippen LogP contribution in [-0.4, -0.2) is 12.1 Å². The van der Waals surface area contributed by atoms with Crippen LogP contribution in [0.5, 0.6) is 0 Å². The van der Waals surface area contributed by atoms with E-state index in [1.807, 2.05) is 18.2 Å². The molecular formula is C20H24O2. The average molecular weight is 296 g/mol. The maximum absolute atomic E-state index is 12.5. The lowest BCUT2D eigenvalue weighted by Crippen LogP contribution is -2.39. The molecule has 2 heteroatoms. The SMILES string of the molecule is CC1(C)CCC[C@@]2(C)C1=C[C@H]1OC(=O)[C@H](c3ccccc3)[C@H]12. The van der Waals surface area contributed by atoms with Gasteiger partial charge in [-0.2, -0.15) is 0 Å². The minimum atomic E-state index is -0.112. The van der Waals surface area contributed by atoms with Gasteiger partial charge >= 0.3 is 5.97 Å². The Balaban J connectivity index is 1.80.